The Morgan fingerprint density at radius 2 is 2.12 bits per heavy atom. The predicted octanol–water partition coefficient (Wildman–Crippen LogP) is 3.01. The summed E-state index contributed by atoms with van der Waals surface area (Å²) in [5, 5.41) is 0.478. The third-order valence-corrected chi connectivity index (χ3v) is 3.10. The van der Waals surface area contributed by atoms with Crippen molar-refractivity contribution in [3.05, 3.63) is 52.2 Å². The highest BCUT2D eigenvalue weighted by atomic mass is 32.1. The number of rotatable bonds is 2. The summed E-state index contributed by atoms with van der Waals surface area (Å²) in [6.45, 7) is 1.88. The van der Waals surface area contributed by atoms with Crippen LogP contribution in [0.2, 0.25) is 0 Å². The lowest BCUT2D eigenvalue weighted by Crippen LogP contribution is -2.02. The Morgan fingerprint density at radius 3 is 2.69 bits per heavy atom. The van der Waals surface area contributed by atoms with Crippen LogP contribution in [0.3, 0.4) is 0 Å². The van der Waals surface area contributed by atoms with Crippen LogP contribution in [-0.2, 0) is 0 Å². The fourth-order valence-corrected chi connectivity index (χ4v) is 2.28. The van der Waals surface area contributed by atoms with E-state index in [0.29, 0.717) is 16.1 Å². The summed E-state index contributed by atoms with van der Waals surface area (Å²) in [5.74, 6) is -0.655. The summed E-state index contributed by atoms with van der Waals surface area (Å²) < 4.78 is 13.0. The van der Waals surface area contributed by atoms with Gasteiger partial charge in [0.15, 0.2) is 5.78 Å². The quantitative estimate of drug-likeness (QED) is 0.813. The second-order valence-electron chi connectivity index (χ2n) is 3.47. The van der Waals surface area contributed by atoms with E-state index in [2.05, 4.69) is 0 Å². The summed E-state index contributed by atoms with van der Waals surface area (Å²) in [7, 11) is 0. The number of carbonyl (C=O) groups excluding carboxylic acids is 1. The Hall–Kier alpha value is -1.68. The number of nitrogen functional groups attached to an aromatic ring is 1. The van der Waals surface area contributed by atoms with Crippen molar-refractivity contribution in [1.82, 2.24) is 0 Å². The van der Waals surface area contributed by atoms with E-state index < -0.39 is 5.82 Å². The lowest BCUT2D eigenvalue weighted by Gasteiger charge is -1.99. The Bertz CT molecular complexity index is 548. The van der Waals surface area contributed by atoms with Gasteiger partial charge < -0.3 is 5.73 Å². The predicted molar refractivity (Wildman–Crippen MR) is 63.3 cm³/mol. The van der Waals surface area contributed by atoms with Crippen LogP contribution in [0, 0.1) is 12.7 Å². The Labute approximate surface area is 96.5 Å². The van der Waals surface area contributed by atoms with Crippen molar-refractivity contribution in [2.45, 2.75) is 6.92 Å². The smallest absolute Gasteiger partial charge is 0.196 e. The van der Waals surface area contributed by atoms with Crippen molar-refractivity contribution in [2.75, 3.05) is 5.73 Å². The van der Waals surface area contributed by atoms with Gasteiger partial charge >= 0.3 is 0 Å². The maximum Gasteiger partial charge on any atom is 0.196 e. The molecule has 4 heteroatoms. The molecule has 1 heterocycles. The molecular formula is C12H10FNOS. The van der Waals surface area contributed by atoms with Crippen LogP contribution in [0.5, 0.6) is 0 Å². The van der Waals surface area contributed by atoms with Crippen LogP contribution in [0.4, 0.5) is 9.39 Å². The molecule has 0 saturated heterocycles. The summed E-state index contributed by atoms with van der Waals surface area (Å²) in [6.07, 6.45) is 0. The van der Waals surface area contributed by atoms with Gasteiger partial charge in [-0.15, -0.1) is 11.3 Å². The lowest BCUT2D eigenvalue weighted by molar-refractivity contribution is 0.103. The van der Waals surface area contributed by atoms with Crippen molar-refractivity contribution >= 4 is 22.1 Å². The number of thiophene rings is 1. The number of halogens is 1. The minimum Gasteiger partial charge on any atom is -0.390 e. The van der Waals surface area contributed by atoms with Gasteiger partial charge in [-0.25, -0.2) is 4.39 Å². The summed E-state index contributed by atoms with van der Waals surface area (Å²) in [5.41, 5.74) is 6.50. The highest BCUT2D eigenvalue weighted by Gasteiger charge is 2.15. The number of hydrogen-bond acceptors (Lipinski definition) is 3. The monoisotopic (exact) mass is 235 g/mol. The van der Waals surface area contributed by atoms with Crippen LogP contribution in [0.25, 0.3) is 0 Å². The largest absolute Gasteiger partial charge is 0.390 e. The average Bonchev–Trinajstić information content (AvgIpc) is 2.57. The van der Waals surface area contributed by atoms with E-state index in [4.69, 9.17) is 5.73 Å². The number of benzene rings is 1. The van der Waals surface area contributed by atoms with Gasteiger partial charge in [0, 0.05) is 10.4 Å². The fraction of sp³-hybridized carbons (Fsp3) is 0.0833. The molecule has 2 N–H and O–H groups in total. The van der Waals surface area contributed by atoms with Gasteiger partial charge in [-0.3, -0.25) is 4.79 Å². The SMILES string of the molecule is Cc1cc(C(=O)c2cccc(F)c2)c(N)s1. The van der Waals surface area contributed by atoms with Gasteiger partial charge in [-0.05, 0) is 25.1 Å². The van der Waals surface area contributed by atoms with Crippen molar-refractivity contribution < 1.29 is 9.18 Å². The molecule has 0 bridgehead atoms. The highest BCUT2D eigenvalue weighted by molar-refractivity contribution is 7.16. The topological polar surface area (TPSA) is 43.1 Å². The van der Waals surface area contributed by atoms with Crippen molar-refractivity contribution in [3.63, 3.8) is 0 Å². The van der Waals surface area contributed by atoms with Gasteiger partial charge in [0.25, 0.3) is 0 Å². The average molecular weight is 235 g/mol. The molecule has 0 unspecified atom stereocenters. The minimum atomic E-state index is -0.420. The molecular weight excluding hydrogens is 225 g/mol. The molecule has 0 amide bonds. The molecule has 0 spiro atoms. The number of hydrogen-bond donors (Lipinski definition) is 1. The van der Waals surface area contributed by atoms with E-state index >= 15 is 0 Å². The summed E-state index contributed by atoms with van der Waals surface area (Å²) in [6, 6.07) is 7.34. The van der Waals surface area contributed by atoms with Gasteiger partial charge in [-0.2, -0.15) is 0 Å². The van der Waals surface area contributed by atoms with Gasteiger partial charge in [0.1, 0.15) is 5.82 Å². The number of carbonyl (C=O) groups is 1. The van der Waals surface area contributed by atoms with Crippen molar-refractivity contribution in [1.29, 1.82) is 0 Å². The van der Waals surface area contributed by atoms with Crippen molar-refractivity contribution in [2.24, 2.45) is 0 Å². The second-order valence-corrected chi connectivity index (χ2v) is 4.76. The molecule has 2 aromatic rings. The first-order chi connectivity index (χ1) is 7.58. The van der Waals surface area contributed by atoms with E-state index in [9.17, 15) is 9.18 Å². The van der Waals surface area contributed by atoms with Crippen LogP contribution in [-0.4, -0.2) is 5.78 Å². The van der Waals surface area contributed by atoms with Crippen LogP contribution < -0.4 is 5.73 Å². The standard InChI is InChI=1S/C12H10FNOS/c1-7-5-10(12(14)16-7)11(15)8-3-2-4-9(13)6-8/h2-6H,14H2,1H3. The highest BCUT2D eigenvalue weighted by Crippen LogP contribution is 2.26. The zero-order chi connectivity index (χ0) is 11.7. The van der Waals surface area contributed by atoms with Gasteiger partial charge in [0.05, 0.1) is 10.6 Å². The molecule has 1 aromatic carbocycles. The van der Waals surface area contributed by atoms with E-state index in [-0.39, 0.29) is 5.78 Å². The minimum absolute atomic E-state index is 0.235. The first kappa shape index (κ1) is 10.8. The summed E-state index contributed by atoms with van der Waals surface area (Å²) in [4.78, 5) is 13.0. The third kappa shape index (κ3) is 1.97. The molecule has 0 radical (unpaired) electrons. The van der Waals surface area contributed by atoms with E-state index in [0.717, 1.165) is 4.88 Å². The molecule has 0 fully saturated rings. The number of aryl methyl sites for hydroxylation is 1. The van der Waals surface area contributed by atoms with Gasteiger partial charge in [-0.1, -0.05) is 12.1 Å². The van der Waals surface area contributed by atoms with E-state index in [1.165, 1.54) is 29.5 Å². The molecule has 0 aliphatic rings. The molecule has 0 saturated carbocycles. The molecule has 2 nitrogen and oxygen atoms in total. The van der Waals surface area contributed by atoms with Crippen LogP contribution in [0.1, 0.15) is 20.8 Å². The zero-order valence-corrected chi connectivity index (χ0v) is 9.48. The molecule has 16 heavy (non-hydrogen) atoms. The molecule has 82 valence electrons. The number of ketones is 1. The Kier molecular flexibility index (Phi) is 2.75. The maximum atomic E-state index is 13.0. The third-order valence-electron chi connectivity index (χ3n) is 2.22. The first-order valence-corrected chi connectivity index (χ1v) is 5.56. The molecule has 0 aliphatic heterocycles. The molecule has 1 aromatic heterocycles. The molecule has 0 atom stereocenters. The normalized spacial score (nSPS) is 10.4. The molecule has 2 rings (SSSR count). The van der Waals surface area contributed by atoms with Crippen LogP contribution in [0.15, 0.2) is 30.3 Å². The number of anilines is 1. The van der Waals surface area contributed by atoms with Crippen molar-refractivity contribution in [3.8, 4) is 0 Å². The summed E-state index contributed by atoms with van der Waals surface area (Å²) >= 11 is 1.36. The van der Waals surface area contributed by atoms with E-state index in [1.807, 2.05) is 6.92 Å². The maximum absolute atomic E-state index is 13.0. The fourth-order valence-electron chi connectivity index (χ4n) is 1.49. The Morgan fingerprint density at radius 1 is 1.38 bits per heavy atom. The number of nitrogens with two attached hydrogens (primary N) is 1. The first-order valence-electron chi connectivity index (χ1n) is 4.74. The lowest BCUT2D eigenvalue weighted by atomic mass is 10.1. The van der Waals surface area contributed by atoms with Gasteiger partial charge in [0.2, 0.25) is 0 Å². The Balaban J connectivity index is 2.43. The van der Waals surface area contributed by atoms with E-state index in [1.54, 1.807) is 12.1 Å². The zero-order valence-electron chi connectivity index (χ0n) is 8.66. The molecule has 0 aliphatic carbocycles. The second kappa shape index (κ2) is 4.06. The van der Waals surface area contributed by atoms with Crippen LogP contribution >= 0.6 is 11.3 Å².